The minimum atomic E-state index is -0.0409. The van der Waals surface area contributed by atoms with Crippen molar-refractivity contribution in [1.82, 2.24) is 0 Å². The summed E-state index contributed by atoms with van der Waals surface area (Å²) in [6.45, 7) is 12.7. The predicted molar refractivity (Wildman–Crippen MR) is 93.0 cm³/mol. The van der Waals surface area contributed by atoms with Crippen LogP contribution in [0, 0.1) is 6.92 Å². The van der Waals surface area contributed by atoms with Crippen LogP contribution in [0.2, 0.25) is 0 Å². The van der Waals surface area contributed by atoms with Crippen LogP contribution >= 0.6 is 11.8 Å². The summed E-state index contributed by atoms with van der Waals surface area (Å²) in [6, 6.07) is 4.01. The second-order valence-corrected chi connectivity index (χ2v) is 8.39. The Bertz CT molecular complexity index is 499. The summed E-state index contributed by atoms with van der Waals surface area (Å²) in [6.07, 6.45) is 0.597. The second-order valence-electron chi connectivity index (χ2n) is 6.71. The topological polar surface area (TPSA) is 26.3 Å². The summed E-state index contributed by atoms with van der Waals surface area (Å²) in [7, 11) is 1.69. The van der Waals surface area contributed by atoms with Gasteiger partial charge in [-0.15, -0.1) is 0 Å². The Balaban J connectivity index is 3.05. The molecule has 21 heavy (non-hydrogen) atoms. The Morgan fingerprint density at radius 1 is 1.29 bits per heavy atom. The molecule has 1 aromatic rings. The molecule has 0 aliphatic carbocycles. The number of thioether (sulfide) groups is 1. The van der Waals surface area contributed by atoms with Gasteiger partial charge in [0.05, 0.1) is 7.11 Å². The first-order valence-electron chi connectivity index (χ1n) is 7.50. The van der Waals surface area contributed by atoms with Crippen molar-refractivity contribution >= 4 is 17.5 Å². The van der Waals surface area contributed by atoms with Crippen molar-refractivity contribution in [1.29, 1.82) is 0 Å². The van der Waals surface area contributed by atoms with Crippen LogP contribution in [0.5, 0.6) is 5.75 Å². The average molecular weight is 308 g/mol. The smallest absolute Gasteiger partial charge is 0.163 e. The minimum absolute atomic E-state index is 0.0409. The van der Waals surface area contributed by atoms with Gasteiger partial charge in [0, 0.05) is 23.3 Å². The zero-order chi connectivity index (χ0) is 16.2. The number of carbonyl (C=O) groups is 1. The Morgan fingerprint density at radius 3 is 2.38 bits per heavy atom. The number of Topliss-reactive ketones (excluding diaryl/α,β-unsaturated/α-hetero) is 1. The normalized spacial score (nSPS) is 11.8. The lowest BCUT2D eigenvalue weighted by atomic mass is 9.83. The molecule has 1 aromatic carbocycles. The van der Waals surface area contributed by atoms with Gasteiger partial charge in [0.2, 0.25) is 0 Å². The van der Waals surface area contributed by atoms with Crippen molar-refractivity contribution in [2.75, 3.05) is 12.9 Å². The van der Waals surface area contributed by atoms with Crippen LogP contribution in [0.4, 0.5) is 0 Å². The maximum absolute atomic E-state index is 12.5. The third-order valence-electron chi connectivity index (χ3n) is 3.44. The van der Waals surface area contributed by atoms with Crippen molar-refractivity contribution in [3.8, 4) is 5.75 Å². The Kier molecular flexibility index (Phi) is 6.33. The molecule has 0 saturated carbocycles. The first kappa shape index (κ1) is 18.1. The van der Waals surface area contributed by atoms with E-state index in [0.717, 1.165) is 28.2 Å². The van der Waals surface area contributed by atoms with Crippen LogP contribution in [0.1, 0.15) is 62.5 Å². The average Bonchev–Trinajstić information content (AvgIpc) is 2.36. The molecule has 0 aliphatic heterocycles. The lowest BCUT2D eigenvalue weighted by Gasteiger charge is -2.23. The third-order valence-corrected chi connectivity index (χ3v) is 4.54. The number of aryl methyl sites for hydroxylation is 1. The summed E-state index contributed by atoms with van der Waals surface area (Å²) in [4.78, 5) is 12.5. The zero-order valence-electron chi connectivity index (χ0n) is 14.4. The number of methoxy groups -OCH3 is 1. The van der Waals surface area contributed by atoms with Crippen LogP contribution in [-0.4, -0.2) is 23.9 Å². The predicted octanol–water partition coefficient (Wildman–Crippen LogP) is 5.02. The molecule has 0 atom stereocenters. The van der Waals surface area contributed by atoms with Gasteiger partial charge in [-0.05, 0) is 35.3 Å². The van der Waals surface area contributed by atoms with E-state index < -0.39 is 0 Å². The van der Waals surface area contributed by atoms with E-state index in [4.69, 9.17) is 4.74 Å². The fourth-order valence-corrected chi connectivity index (χ4v) is 3.03. The van der Waals surface area contributed by atoms with Gasteiger partial charge in [-0.25, -0.2) is 0 Å². The Morgan fingerprint density at radius 2 is 1.90 bits per heavy atom. The van der Waals surface area contributed by atoms with Gasteiger partial charge in [-0.2, -0.15) is 11.8 Å². The standard InChI is InChI=1S/C18H28O2S/c1-12(2)21-9-8-16(19)14-11-15(18(4,5)6)17(20-7)10-13(14)3/h10-12H,8-9H2,1-7H3. The van der Waals surface area contributed by atoms with E-state index in [-0.39, 0.29) is 11.2 Å². The van der Waals surface area contributed by atoms with Crippen molar-refractivity contribution in [2.24, 2.45) is 0 Å². The number of hydrogen-bond acceptors (Lipinski definition) is 3. The number of ketones is 1. The molecule has 0 fully saturated rings. The molecule has 1 rings (SSSR count). The number of carbonyl (C=O) groups excluding carboxylic acids is 1. The van der Waals surface area contributed by atoms with E-state index >= 15 is 0 Å². The minimum Gasteiger partial charge on any atom is -0.496 e. The van der Waals surface area contributed by atoms with E-state index in [0.29, 0.717) is 11.7 Å². The SMILES string of the molecule is COc1cc(C)c(C(=O)CCSC(C)C)cc1C(C)(C)C. The van der Waals surface area contributed by atoms with E-state index in [1.165, 1.54) is 0 Å². The van der Waals surface area contributed by atoms with Crippen LogP contribution in [-0.2, 0) is 5.41 Å². The van der Waals surface area contributed by atoms with Crippen molar-refractivity contribution in [3.05, 3.63) is 28.8 Å². The quantitative estimate of drug-likeness (QED) is 0.691. The highest BCUT2D eigenvalue weighted by Gasteiger charge is 2.22. The molecule has 3 heteroatoms. The second kappa shape index (κ2) is 7.35. The van der Waals surface area contributed by atoms with Gasteiger partial charge in [0.25, 0.3) is 0 Å². The fraction of sp³-hybridized carbons (Fsp3) is 0.611. The molecule has 0 spiro atoms. The molecule has 2 nitrogen and oxygen atoms in total. The third kappa shape index (κ3) is 5.06. The molecule has 0 heterocycles. The molecule has 0 saturated heterocycles. The van der Waals surface area contributed by atoms with E-state index in [1.54, 1.807) is 7.11 Å². The molecule has 118 valence electrons. The first-order valence-corrected chi connectivity index (χ1v) is 8.55. The molecule has 0 aliphatic rings. The first-order chi connectivity index (χ1) is 9.66. The molecule has 0 N–H and O–H groups in total. The summed E-state index contributed by atoms with van der Waals surface area (Å²) in [5.74, 6) is 1.98. The van der Waals surface area contributed by atoms with Crippen molar-refractivity contribution in [3.63, 3.8) is 0 Å². The van der Waals surface area contributed by atoms with E-state index in [2.05, 4.69) is 34.6 Å². The molecule has 0 amide bonds. The van der Waals surface area contributed by atoms with E-state index in [9.17, 15) is 4.79 Å². The largest absolute Gasteiger partial charge is 0.496 e. The highest BCUT2D eigenvalue weighted by molar-refractivity contribution is 7.99. The maximum Gasteiger partial charge on any atom is 0.163 e. The zero-order valence-corrected chi connectivity index (χ0v) is 15.2. The Hall–Kier alpha value is -0.960. The number of ether oxygens (including phenoxy) is 1. The van der Waals surface area contributed by atoms with Crippen LogP contribution in [0.3, 0.4) is 0 Å². The van der Waals surface area contributed by atoms with Gasteiger partial charge < -0.3 is 4.74 Å². The maximum atomic E-state index is 12.5. The summed E-state index contributed by atoms with van der Waals surface area (Å²) >= 11 is 1.83. The van der Waals surface area contributed by atoms with Crippen LogP contribution in [0.15, 0.2) is 12.1 Å². The highest BCUT2D eigenvalue weighted by atomic mass is 32.2. The van der Waals surface area contributed by atoms with Crippen molar-refractivity contribution < 1.29 is 9.53 Å². The van der Waals surface area contributed by atoms with Gasteiger partial charge in [0.1, 0.15) is 5.75 Å². The number of benzene rings is 1. The molecule has 0 unspecified atom stereocenters. The van der Waals surface area contributed by atoms with Crippen LogP contribution < -0.4 is 4.74 Å². The van der Waals surface area contributed by atoms with Gasteiger partial charge >= 0.3 is 0 Å². The number of hydrogen-bond donors (Lipinski definition) is 0. The van der Waals surface area contributed by atoms with Gasteiger partial charge in [0.15, 0.2) is 5.78 Å². The van der Waals surface area contributed by atoms with Crippen molar-refractivity contribution in [2.45, 2.75) is 58.6 Å². The highest BCUT2D eigenvalue weighted by Crippen LogP contribution is 2.34. The molecular formula is C18H28O2S. The lowest BCUT2D eigenvalue weighted by Crippen LogP contribution is -2.15. The van der Waals surface area contributed by atoms with E-state index in [1.807, 2.05) is 30.8 Å². The van der Waals surface area contributed by atoms with Gasteiger partial charge in [-0.1, -0.05) is 34.6 Å². The molecule has 0 aromatic heterocycles. The molecular weight excluding hydrogens is 280 g/mol. The monoisotopic (exact) mass is 308 g/mol. The lowest BCUT2D eigenvalue weighted by molar-refractivity contribution is 0.0989. The summed E-state index contributed by atoms with van der Waals surface area (Å²) in [5, 5.41) is 0.569. The molecule has 0 radical (unpaired) electrons. The number of rotatable bonds is 6. The van der Waals surface area contributed by atoms with Gasteiger partial charge in [-0.3, -0.25) is 4.79 Å². The summed E-state index contributed by atoms with van der Waals surface area (Å²) < 4.78 is 5.48. The summed E-state index contributed by atoms with van der Waals surface area (Å²) in [5.41, 5.74) is 2.89. The van der Waals surface area contributed by atoms with Crippen LogP contribution in [0.25, 0.3) is 0 Å². The Labute approximate surface area is 133 Å². The fourth-order valence-electron chi connectivity index (χ4n) is 2.26. The molecule has 0 bridgehead atoms.